The van der Waals surface area contributed by atoms with Crippen LogP contribution in [0.25, 0.3) is 6.08 Å². The van der Waals surface area contributed by atoms with Gasteiger partial charge in [0.15, 0.2) is 5.76 Å². The minimum absolute atomic E-state index is 0.141. The molecule has 2 aromatic rings. The number of aromatic nitrogens is 2. The quantitative estimate of drug-likeness (QED) is 0.664. The second-order valence-electron chi connectivity index (χ2n) is 8.75. The monoisotopic (exact) mass is 471 g/mol. The highest BCUT2D eigenvalue weighted by molar-refractivity contribution is 5.97. The summed E-state index contributed by atoms with van der Waals surface area (Å²) in [7, 11) is 1.67. The molecule has 3 rings (SSSR count). The first-order valence-corrected chi connectivity index (χ1v) is 11.3. The van der Waals surface area contributed by atoms with Crippen LogP contribution in [0.1, 0.15) is 48.1 Å². The number of anilines is 1. The van der Waals surface area contributed by atoms with Crippen molar-refractivity contribution in [3.8, 4) is 5.88 Å². The van der Waals surface area contributed by atoms with Crippen LogP contribution in [0.4, 0.5) is 10.5 Å². The maximum absolute atomic E-state index is 13.4. The number of hydrogen-bond acceptors (Lipinski definition) is 7. The fourth-order valence-electron chi connectivity index (χ4n) is 3.84. The number of aliphatic hydroxyl groups is 1. The Kier molecular flexibility index (Phi) is 7.93. The Bertz CT molecular complexity index is 1050. The molecule has 0 aromatic carbocycles. The number of allylic oxidation sites excluding steroid dienone is 1. The van der Waals surface area contributed by atoms with E-state index in [1.54, 1.807) is 45.0 Å². The second kappa shape index (κ2) is 10.7. The lowest BCUT2D eigenvalue weighted by atomic mass is 10.00. The van der Waals surface area contributed by atoms with E-state index in [2.05, 4.69) is 15.5 Å². The molecule has 2 aromatic heterocycles. The molecule has 10 heteroatoms. The van der Waals surface area contributed by atoms with Crippen LogP contribution < -0.4 is 10.1 Å². The summed E-state index contributed by atoms with van der Waals surface area (Å²) in [6.45, 7) is 9.57. The van der Waals surface area contributed by atoms with Crippen LogP contribution in [-0.4, -0.2) is 75.9 Å². The van der Waals surface area contributed by atoms with Crippen molar-refractivity contribution >= 4 is 23.7 Å². The molecule has 34 heavy (non-hydrogen) atoms. The van der Waals surface area contributed by atoms with Gasteiger partial charge in [0.1, 0.15) is 23.0 Å². The third kappa shape index (κ3) is 5.39. The van der Waals surface area contributed by atoms with Gasteiger partial charge in [-0.15, -0.1) is 0 Å². The summed E-state index contributed by atoms with van der Waals surface area (Å²) in [5, 5.41) is 16.5. The Morgan fingerprint density at radius 3 is 2.79 bits per heavy atom. The third-order valence-electron chi connectivity index (χ3n) is 5.97. The lowest BCUT2D eigenvalue weighted by Gasteiger charge is -2.37. The number of ether oxygens (including phenoxy) is 1. The number of aliphatic hydroxyl groups excluding tert-OH is 1. The lowest BCUT2D eigenvalue weighted by Crippen LogP contribution is -2.50. The summed E-state index contributed by atoms with van der Waals surface area (Å²) in [6, 6.07) is 1.02. The summed E-state index contributed by atoms with van der Waals surface area (Å²) in [6.07, 6.45) is 4.92. The van der Waals surface area contributed by atoms with Gasteiger partial charge in [0.25, 0.3) is 5.91 Å². The van der Waals surface area contributed by atoms with Crippen LogP contribution in [0, 0.1) is 19.8 Å². The Balaban J connectivity index is 1.88. The van der Waals surface area contributed by atoms with Crippen molar-refractivity contribution in [3.63, 3.8) is 0 Å². The van der Waals surface area contributed by atoms with E-state index in [4.69, 9.17) is 9.26 Å². The predicted molar refractivity (Wildman–Crippen MR) is 128 cm³/mol. The van der Waals surface area contributed by atoms with Crippen LogP contribution in [-0.2, 0) is 0 Å². The molecule has 3 atom stereocenters. The van der Waals surface area contributed by atoms with E-state index in [0.29, 0.717) is 29.2 Å². The molecule has 0 unspecified atom stereocenters. The van der Waals surface area contributed by atoms with Crippen LogP contribution in [0.2, 0.25) is 0 Å². The average molecular weight is 472 g/mol. The number of pyridine rings is 1. The van der Waals surface area contributed by atoms with E-state index in [1.807, 2.05) is 26.0 Å². The Morgan fingerprint density at radius 2 is 2.18 bits per heavy atom. The number of urea groups is 1. The van der Waals surface area contributed by atoms with Gasteiger partial charge in [-0.1, -0.05) is 24.2 Å². The SMILES string of the molecule is C/C=C/c1cnc2c(c1)C(=O)N([C@H](C)CO)C[C@H](C)[C@H](CN(C)C(=O)Nc1c(C)noc1C)O2. The molecule has 1 aliphatic heterocycles. The molecule has 3 amide bonds. The van der Waals surface area contributed by atoms with Crippen LogP contribution >= 0.6 is 0 Å². The minimum atomic E-state index is -0.444. The smallest absolute Gasteiger partial charge is 0.321 e. The summed E-state index contributed by atoms with van der Waals surface area (Å²) >= 11 is 0. The van der Waals surface area contributed by atoms with Crippen molar-refractivity contribution in [1.82, 2.24) is 19.9 Å². The molecule has 0 spiro atoms. The fourth-order valence-corrected chi connectivity index (χ4v) is 3.84. The fraction of sp³-hybridized carbons (Fsp3) is 0.500. The van der Waals surface area contributed by atoms with Gasteiger partial charge in [-0.05, 0) is 39.3 Å². The molecule has 0 aliphatic carbocycles. The normalized spacial score (nSPS) is 19.3. The standard InChI is InChI=1S/C24H33N5O5/c1-7-8-18-9-19-22(25-10-18)33-20(14(2)11-29(23(19)31)15(3)13-30)12-28(6)24(32)26-21-16(4)27-34-17(21)5/h7-10,14-15,20,30H,11-13H2,1-6H3,(H,26,32)/b8-7+/t14-,15+,20-/m0/s1. The van der Waals surface area contributed by atoms with Gasteiger partial charge < -0.3 is 29.5 Å². The number of nitrogens with one attached hydrogen (secondary N) is 1. The van der Waals surface area contributed by atoms with Gasteiger partial charge in [0, 0.05) is 25.7 Å². The van der Waals surface area contributed by atoms with Gasteiger partial charge in [-0.3, -0.25) is 4.79 Å². The number of hydrogen-bond donors (Lipinski definition) is 2. The zero-order valence-electron chi connectivity index (χ0n) is 20.5. The van der Waals surface area contributed by atoms with Gasteiger partial charge >= 0.3 is 6.03 Å². The number of rotatable bonds is 6. The Morgan fingerprint density at radius 1 is 1.44 bits per heavy atom. The Labute approximate surface area is 199 Å². The van der Waals surface area contributed by atoms with Crippen LogP contribution in [0.3, 0.4) is 0 Å². The molecule has 0 bridgehead atoms. The molecule has 3 heterocycles. The highest BCUT2D eigenvalue weighted by Gasteiger charge is 2.34. The molecule has 2 N–H and O–H groups in total. The molecular weight excluding hydrogens is 438 g/mol. The van der Waals surface area contributed by atoms with Crippen LogP contribution in [0.15, 0.2) is 22.9 Å². The first-order chi connectivity index (χ1) is 16.2. The van der Waals surface area contributed by atoms with Crippen molar-refractivity contribution in [3.05, 3.63) is 40.9 Å². The van der Waals surface area contributed by atoms with E-state index in [-0.39, 0.29) is 42.9 Å². The molecule has 10 nitrogen and oxygen atoms in total. The van der Waals surface area contributed by atoms with E-state index < -0.39 is 6.10 Å². The van der Waals surface area contributed by atoms with Crippen molar-refractivity contribution < 1.29 is 24.0 Å². The number of fused-ring (bicyclic) bond motifs is 1. The topological polar surface area (TPSA) is 121 Å². The average Bonchev–Trinajstić information content (AvgIpc) is 3.13. The zero-order chi connectivity index (χ0) is 25.0. The summed E-state index contributed by atoms with van der Waals surface area (Å²) in [5.41, 5.74) is 2.24. The molecule has 0 saturated carbocycles. The molecule has 0 fully saturated rings. The number of carbonyl (C=O) groups excluding carboxylic acids is 2. The van der Waals surface area contributed by atoms with Crippen molar-refractivity contribution in [2.75, 3.05) is 32.1 Å². The zero-order valence-corrected chi connectivity index (χ0v) is 20.5. The summed E-state index contributed by atoms with van der Waals surface area (Å²) in [5.74, 6) is 0.351. The largest absolute Gasteiger partial charge is 0.472 e. The maximum Gasteiger partial charge on any atom is 0.321 e. The second-order valence-corrected chi connectivity index (χ2v) is 8.75. The van der Waals surface area contributed by atoms with Gasteiger partial charge in [0.2, 0.25) is 5.88 Å². The molecule has 0 saturated heterocycles. The minimum Gasteiger partial charge on any atom is -0.472 e. The van der Waals surface area contributed by atoms with E-state index in [0.717, 1.165) is 5.56 Å². The van der Waals surface area contributed by atoms with Gasteiger partial charge in [0.05, 0.1) is 19.2 Å². The molecule has 0 radical (unpaired) electrons. The van der Waals surface area contributed by atoms with Crippen molar-refractivity contribution in [1.29, 1.82) is 0 Å². The van der Waals surface area contributed by atoms with E-state index >= 15 is 0 Å². The number of amides is 3. The van der Waals surface area contributed by atoms with Crippen molar-refractivity contribution in [2.24, 2.45) is 5.92 Å². The lowest BCUT2D eigenvalue weighted by molar-refractivity contribution is 0.0356. The van der Waals surface area contributed by atoms with E-state index in [1.165, 1.54) is 4.90 Å². The highest BCUT2D eigenvalue weighted by atomic mass is 16.5. The first kappa shape index (κ1) is 25.2. The van der Waals surface area contributed by atoms with Crippen molar-refractivity contribution in [2.45, 2.75) is 46.8 Å². The van der Waals surface area contributed by atoms with Gasteiger partial charge in [-0.2, -0.15) is 0 Å². The number of carbonyl (C=O) groups is 2. The summed E-state index contributed by atoms with van der Waals surface area (Å²) < 4.78 is 11.3. The predicted octanol–water partition coefficient (Wildman–Crippen LogP) is 3.10. The van der Waals surface area contributed by atoms with Gasteiger partial charge in [-0.25, -0.2) is 9.78 Å². The molecule has 1 aliphatic rings. The molecule has 184 valence electrons. The number of aryl methyl sites for hydroxylation is 2. The molecular formula is C24H33N5O5. The van der Waals surface area contributed by atoms with Crippen LogP contribution in [0.5, 0.6) is 5.88 Å². The Hall–Kier alpha value is -3.40. The third-order valence-corrected chi connectivity index (χ3v) is 5.97. The van der Waals surface area contributed by atoms with E-state index in [9.17, 15) is 14.7 Å². The summed E-state index contributed by atoms with van der Waals surface area (Å²) in [4.78, 5) is 33.8. The number of nitrogens with zero attached hydrogens (tertiary/aromatic N) is 4. The maximum atomic E-state index is 13.4. The number of likely N-dealkylation sites (N-methyl/N-ethyl adjacent to an activating group) is 1. The first-order valence-electron chi connectivity index (χ1n) is 11.3. The highest BCUT2D eigenvalue weighted by Crippen LogP contribution is 2.28.